The van der Waals surface area contributed by atoms with Gasteiger partial charge in [-0.1, -0.05) is 68.3 Å². The highest BCUT2D eigenvalue weighted by atomic mass is 35.5. The number of carbonyl (C=O) groups is 2. The number of hydrogen-bond acceptors (Lipinski definition) is 4. The Bertz CT molecular complexity index is 1280. The van der Waals surface area contributed by atoms with E-state index in [0.29, 0.717) is 12.1 Å². The van der Waals surface area contributed by atoms with Gasteiger partial charge in [-0.2, -0.15) is 0 Å². The maximum atomic E-state index is 13.7. The van der Waals surface area contributed by atoms with E-state index in [-0.39, 0.29) is 23.4 Å². The third-order valence-corrected chi connectivity index (χ3v) is 8.75. The molecule has 1 heterocycles. The summed E-state index contributed by atoms with van der Waals surface area (Å²) in [6.45, 7) is 6.55. The largest absolute Gasteiger partial charge is 0.371 e. The molecule has 5 nitrogen and oxygen atoms in total. The second-order valence-corrected chi connectivity index (χ2v) is 11.4. The number of nitrogens with zero attached hydrogens (tertiary/aromatic N) is 2. The molecular formula is C31H35ClFN3O2S. The van der Waals surface area contributed by atoms with Crippen LogP contribution in [0.25, 0.3) is 0 Å². The van der Waals surface area contributed by atoms with Gasteiger partial charge in [-0.05, 0) is 54.8 Å². The Kier molecular flexibility index (Phi) is 10.3. The minimum absolute atomic E-state index is 0.139. The summed E-state index contributed by atoms with van der Waals surface area (Å²) in [5, 5.41) is 2.74. The third-order valence-electron chi connectivity index (χ3n) is 6.94. The number of anilines is 2. The lowest BCUT2D eigenvalue weighted by Gasteiger charge is -2.36. The van der Waals surface area contributed by atoms with Gasteiger partial charge in [-0.3, -0.25) is 9.59 Å². The normalized spacial score (nSPS) is 15.5. The summed E-state index contributed by atoms with van der Waals surface area (Å²) in [5.41, 5.74) is 2.61. The van der Waals surface area contributed by atoms with E-state index in [4.69, 9.17) is 11.6 Å². The van der Waals surface area contributed by atoms with Gasteiger partial charge in [0.25, 0.3) is 0 Å². The lowest BCUT2D eigenvalue weighted by Crippen LogP contribution is -2.47. The number of nitrogens with one attached hydrogen (secondary N) is 1. The average Bonchev–Trinajstić information content (AvgIpc) is 2.95. The van der Waals surface area contributed by atoms with Gasteiger partial charge in [0.15, 0.2) is 0 Å². The molecule has 3 aromatic carbocycles. The first-order valence-corrected chi connectivity index (χ1v) is 14.7. The van der Waals surface area contributed by atoms with E-state index in [1.54, 1.807) is 17.9 Å². The number of hydrogen-bond donors (Lipinski definition) is 1. The van der Waals surface area contributed by atoms with Crippen LogP contribution >= 0.6 is 23.4 Å². The van der Waals surface area contributed by atoms with Crippen LogP contribution < -0.4 is 15.1 Å². The Morgan fingerprint density at radius 3 is 2.54 bits per heavy atom. The van der Waals surface area contributed by atoms with Crippen LogP contribution in [0.1, 0.15) is 38.7 Å². The van der Waals surface area contributed by atoms with E-state index in [0.717, 1.165) is 42.9 Å². The molecule has 206 valence electrons. The van der Waals surface area contributed by atoms with Crippen LogP contribution in [0.4, 0.5) is 15.8 Å². The van der Waals surface area contributed by atoms with Gasteiger partial charge in [0, 0.05) is 35.2 Å². The second kappa shape index (κ2) is 13.9. The second-order valence-electron chi connectivity index (χ2n) is 9.78. The first-order valence-electron chi connectivity index (χ1n) is 13.5. The average molecular weight is 568 g/mol. The molecule has 0 radical (unpaired) electrons. The number of fused-ring (bicyclic) bond motifs is 1. The van der Waals surface area contributed by atoms with Crippen LogP contribution in [0.15, 0.2) is 77.7 Å². The summed E-state index contributed by atoms with van der Waals surface area (Å²) in [5.74, 6) is -1.26. The number of carbonyl (C=O) groups excluding carboxylic acids is 2. The fourth-order valence-electron chi connectivity index (χ4n) is 4.68. The number of thioether (sulfide) groups is 1. The molecule has 0 fully saturated rings. The monoisotopic (exact) mass is 567 g/mol. The van der Waals surface area contributed by atoms with Crippen molar-refractivity contribution in [2.45, 2.75) is 49.8 Å². The van der Waals surface area contributed by atoms with Crippen molar-refractivity contribution in [1.29, 1.82) is 0 Å². The third kappa shape index (κ3) is 7.34. The fourth-order valence-corrected chi connectivity index (χ4v) is 6.19. The first-order chi connectivity index (χ1) is 18.9. The number of benzene rings is 3. The number of rotatable bonds is 12. The van der Waals surface area contributed by atoms with E-state index in [9.17, 15) is 14.0 Å². The van der Waals surface area contributed by atoms with E-state index in [1.165, 1.54) is 29.6 Å². The minimum atomic E-state index is -0.579. The quantitative estimate of drug-likeness (QED) is 0.241. The highest BCUT2D eigenvalue weighted by molar-refractivity contribution is 8.01. The Labute approximate surface area is 239 Å². The predicted molar refractivity (Wildman–Crippen MR) is 159 cm³/mol. The minimum Gasteiger partial charge on any atom is -0.371 e. The first kappa shape index (κ1) is 29.0. The summed E-state index contributed by atoms with van der Waals surface area (Å²) >= 11 is 7.70. The van der Waals surface area contributed by atoms with Crippen LogP contribution in [-0.2, 0) is 16.1 Å². The standard InChI is InChI=1S/C31H35ClFN3O2S/c1-3-4-18-35(25-11-6-5-7-12-25)19-10-17-34-30(37)22(2)29-31(38)36(27-13-8-9-14-28(27)39-29)21-23-15-16-24(33)20-26(23)32/h5-9,11-16,20,22,29H,3-4,10,17-19,21H2,1-2H3,(H,34,37)/t22-,29+/m0/s1. The molecule has 8 heteroatoms. The molecule has 2 amide bonds. The zero-order valence-corrected chi connectivity index (χ0v) is 24.0. The summed E-state index contributed by atoms with van der Waals surface area (Å²) < 4.78 is 13.6. The van der Waals surface area contributed by atoms with Crippen LogP contribution in [0.5, 0.6) is 0 Å². The molecule has 0 saturated carbocycles. The van der Waals surface area contributed by atoms with Gasteiger partial charge in [0.1, 0.15) is 11.1 Å². The highest BCUT2D eigenvalue weighted by Gasteiger charge is 2.39. The van der Waals surface area contributed by atoms with Crippen molar-refractivity contribution in [3.63, 3.8) is 0 Å². The molecule has 1 N–H and O–H groups in total. The van der Waals surface area contributed by atoms with E-state index in [2.05, 4.69) is 29.3 Å². The summed E-state index contributed by atoms with van der Waals surface area (Å²) in [6.07, 6.45) is 3.04. The maximum absolute atomic E-state index is 13.7. The maximum Gasteiger partial charge on any atom is 0.241 e. The van der Waals surface area contributed by atoms with Crippen LogP contribution in [-0.4, -0.2) is 36.7 Å². The number of unbranched alkanes of at least 4 members (excludes halogenated alkanes) is 1. The number of amides is 2. The number of halogens is 2. The Morgan fingerprint density at radius 1 is 1.08 bits per heavy atom. The van der Waals surface area contributed by atoms with Gasteiger partial charge < -0.3 is 15.1 Å². The van der Waals surface area contributed by atoms with Gasteiger partial charge in [-0.25, -0.2) is 4.39 Å². The highest BCUT2D eigenvalue weighted by Crippen LogP contribution is 2.42. The van der Waals surface area contributed by atoms with Crippen LogP contribution in [0.3, 0.4) is 0 Å². The fraction of sp³-hybridized carbons (Fsp3) is 0.355. The SMILES string of the molecule is CCCCN(CCCNC(=O)[C@@H](C)[C@H]1Sc2ccccc2N(Cc2ccc(F)cc2Cl)C1=O)c1ccccc1. The molecule has 1 aliphatic heterocycles. The van der Waals surface area contributed by atoms with Crippen LogP contribution in [0, 0.1) is 11.7 Å². The number of para-hydroxylation sites is 2. The summed E-state index contributed by atoms with van der Waals surface area (Å²) in [4.78, 5) is 31.8. The zero-order valence-electron chi connectivity index (χ0n) is 22.4. The molecular weight excluding hydrogens is 533 g/mol. The smallest absolute Gasteiger partial charge is 0.241 e. The molecule has 0 saturated heterocycles. The lowest BCUT2D eigenvalue weighted by molar-refractivity contribution is -0.128. The van der Waals surface area contributed by atoms with Gasteiger partial charge in [0.05, 0.1) is 18.2 Å². The predicted octanol–water partition coefficient (Wildman–Crippen LogP) is 6.94. The van der Waals surface area contributed by atoms with Gasteiger partial charge >= 0.3 is 0 Å². The van der Waals surface area contributed by atoms with Crippen molar-refractivity contribution in [2.75, 3.05) is 29.4 Å². The van der Waals surface area contributed by atoms with E-state index >= 15 is 0 Å². The van der Waals surface area contributed by atoms with Crippen LogP contribution in [0.2, 0.25) is 5.02 Å². The molecule has 0 aliphatic carbocycles. The van der Waals surface area contributed by atoms with Crippen molar-refractivity contribution in [1.82, 2.24) is 5.32 Å². The van der Waals surface area contributed by atoms with Crippen molar-refractivity contribution < 1.29 is 14.0 Å². The topological polar surface area (TPSA) is 52.7 Å². The Morgan fingerprint density at radius 2 is 1.79 bits per heavy atom. The molecule has 0 bridgehead atoms. The zero-order chi connectivity index (χ0) is 27.8. The molecule has 1 aliphatic rings. The van der Waals surface area contributed by atoms with Gasteiger partial charge in [-0.15, -0.1) is 11.8 Å². The molecule has 0 spiro atoms. The molecule has 0 unspecified atom stereocenters. The molecule has 0 aromatic heterocycles. The van der Waals surface area contributed by atoms with E-state index < -0.39 is 17.0 Å². The van der Waals surface area contributed by atoms with Gasteiger partial charge in [0.2, 0.25) is 11.8 Å². The molecule has 3 aromatic rings. The molecule has 39 heavy (non-hydrogen) atoms. The van der Waals surface area contributed by atoms with Crippen molar-refractivity contribution in [2.24, 2.45) is 5.92 Å². The van der Waals surface area contributed by atoms with E-state index in [1.807, 2.05) is 42.5 Å². The molecule has 4 rings (SSSR count). The Balaban J connectivity index is 1.39. The lowest BCUT2D eigenvalue weighted by atomic mass is 10.0. The van der Waals surface area contributed by atoms with Crippen molar-refractivity contribution in [3.05, 3.63) is 89.2 Å². The van der Waals surface area contributed by atoms with Crippen molar-refractivity contribution in [3.8, 4) is 0 Å². The Hall–Kier alpha value is -3.03. The molecule has 2 atom stereocenters. The summed E-state index contributed by atoms with van der Waals surface area (Å²) in [6, 6.07) is 22.2. The van der Waals surface area contributed by atoms with Crippen molar-refractivity contribution >= 4 is 46.6 Å². The summed E-state index contributed by atoms with van der Waals surface area (Å²) in [7, 11) is 0.